The highest BCUT2D eigenvalue weighted by molar-refractivity contribution is 7.89. The van der Waals surface area contributed by atoms with Crippen LogP contribution in [0.2, 0.25) is 0 Å². The summed E-state index contributed by atoms with van der Waals surface area (Å²) in [5.74, 6) is -0.0578. The van der Waals surface area contributed by atoms with E-state index in [2.05, 4.69) is 4.72 Å². The van der Waals surface area contributed by atoms with Crippen LogP contribution in [0.25, 0.3) is 0 Å². The molecule has 1 heterocycles. The summed E-state index contributed by atoms with van der Waals surface area (Å²) in [7, 11) is -3.54. The molecule has 0 aromatic heterocycles. The molecule has 6 nitrogen and oxygen atoms in total. The Labute approximate surface area is 131 Å². The highest BCUT2D eigenvalue weighted by Crippen LogP contribution is 2.22. The zero-order chi connectivity index (χ0) is 16.1. The number of nitrogens with one attached hydrogen (secondary N) is 1. The maximum atomic E-state index is 12.2. The van der Waals surface area contributed by atoms with Gasteiger partial charge >= 0.3 is 0 Å². The third-order valence-electron chi connectivity index (χ3n) is 3.42. The molecule has 0 unspecified atom stereocenters. The van der Waals surface area contributed by atoms with Crippen LogP contribution in [0.4, 0.5) is 0 Å². The lowest BCUT2D eigenvalue weighted by Crippen LogP contribution is -2.40. The van der Waals surface area contributed by atoms with Crippen molar-refractivity contribution in [3.05, 3.63) is 24.3 Å². The molecule has 1 fully saturated rings. The SMILES string of the molecule is CCOc1ccc(S(=O)(=O)NCCC2(C)OCCCO2)cc1. The van der Waals surface area contributed by atoms with Crippen LogP contribution in [-0.2, 0) is 19.5 Å². The second-order valence-electron chi connectivity index (χ2n) is 5.24. The summed E-state index contributed by atoms with van der Waals surface area (Å²) in [4.78, 5) is 0.214. The molecule has 124 valence electrons. The fourth-order valence-electron chi connectivity index (χ4n) is 2.20. The van der Waals surface area contributed by atoms with Crippen molar-refractivity contribution >= 4 is 10.0 Å². The minimum absolute atomic E-state index is 0.214. The number of sulfonamides is 1. The van der Waals surface area contributed by atoms with E-state index in [1.54, 1.807) is 12.1 Å². The normalized spacial score (nSPS) is 18.1. The molecule has 2 rings (SSSR count). The van der Waals surface area contributed by atoms with Crippen molar-refractivity contribution in [3.8, 4) is 5.75 Å². The Morgan fingerprint density at radius 1 is 1.23 bits per heavy atom. The minimum atomic E-state index is -3.54. The van der Waals surface area contributed by atoms with Crippen molar-refractivity contribution in [2.45, 2.75) is 37.4 Å². The van der Waals surface area contributed by atoms with Crippen molar-refractivity contribution in [3.63, 3.8) is 0 Å². The molecule has 1 aliphatic rings. The van der Waals surface area contributed by atoms with Gasteiger partial charge in [0.15, 0.2) is 5.79 Å². The van der Waals surface area contributed by atoms with E-state index in [1.807, 2.05) is 13.8 Å². The first-order valence-corrected chi connectivity index (χ1v) is 8.94. The number of hydrogen-bond acceptors (Lipinski definition) is 5. The Hall–Kier alpha value is -1.15. The van der Waals surface area contributed by atoms with Crippen molar-refractivity contribution in [1.82, 2.24) is 4.72 Å². The average Bonchev–Trinajstić information content (AvgIpc) is 2.48. The zero-order valence-electron chi connectivity index (χ0n) is 13.0. The van der Waals surface area contributed by atoms with Crippen LogP contribution < -0.4 is 9.46 Å². The smallest absolute Gasteiger partial charge is 0.240 e. The molecule has 1 N–H and O–H groups in total. The van der Waals surface area contributed by atoms with Gasteiger partial charge in [0.05, 0.1) is 24.7 Å². The predicted octanol–water partition coefficient (Wildman–Crippen LogP) is 1.91. The van der Waals surface area contributed by atoms with Crippen molar-refractivity contribution in [1.29, 1.82) is 0 Å². The van der Waals surface area contributed by atoms with E-state index in [9.17, 15) is 8.42 Å². The van der Waals surface area contributed by atoms with E-state index < -0.39 is 15.8 Å². The second-order valence-corrected chi connectivity index (χ2v) is 7.00. The highest BCUT2D eigenvalue weighted by Gasteiger charge is 2.29. The molecule has 0 aliphatic carbocycles. The van der Waals surface area contributed by atoms with Crippen LogP contribution >= 0.6 is 0 Å². The van der Waals surface area contributed by atoms with E-state index in [-0.39, 0.29) is 11.4 Å². The molecule has 0 amide bonds. The summed E-state index contributed by atoms with van der Waals surface area (Å²) in [6.07, 6.45) is 1.33. The monoisotopic (exact) mass is 329 g/mol. The molecule has 0 radical (unpaired) electrons. The summed E-state index contributed by atoms with van der Waals surface area (Å²) in [6.45, 7) is 5.79. The van der Waals surface area contributed by atoms with Gasteiger partial charge in [-0.3, -0.25) is 0 Å². The largest absolute Gasteiger partial charge is 0.494 e. The van der Waals surface area contributed by atoms with Gasteiger partial charge in [-0.1, -0.05) is 0 Å². The first-order chi connectivity index (χ1) is 10.5. The molecule has 0 saturated carbocycles. The van der Waals surface area contributed by atoms with Crippen molar-refractivity contribution < 1.29 is 22.6 Å². The fourth-order valence-corrected chi connectivity index (χ4v) is 3.23. The van der Waals surface area contributed by atoms with E-state index in [0.29, 0.717) is 32.0 Å². The first kappa shape index (κ1) is 17.2. The summed E-state index contributed by atoms with van der Waals surface area (Å²) in [5, 5.41) is 0. The summed E-state index contributed by atoms with van der Waals surface area (Å²) >= 11 is 0. The van der Waals surface area contributed by atoms with Crippen LogP contribution in [-0.4, -0.2) is 40.6 Å². The average molecular weight is 329 g/mol. The molecule has 0 atom stereocenters. The van der Waals surface area contributed by atoms with Gasteiger partial charge < -0.3 is 14.2 Å². The minimum Gasteiger partial charge on any atom is -0.494 e. The quantitative estimate of drug-likeness (QED) is 0.827. The Morgan fingerprint density at radius 3 is 2.45 bits per heavy atom. The molecule has 1 saturated heterocycles. The lowest BCUT2D eigenvalue weighted by atomic mass is 10.2. The molecule has 0 bridgehead atoms. The van der Waals surface area contributed by atoms with Gasteiger partial charge in [0, 0.05) is 13.0 Å². The van der Waals surface area contributed by atoms with Crippen LogP contribution in [0.3, 0.4) is 0 Å². The molecule has 0 spiro atoms. The van der Waals surface area contributed by atoms with Gasteiger partial charge in [0.2, 0.25) is 10.0 Å². The van der Waals surface area contributed by atoms with Crippen LogP contribution in [0.5, 0.6) is 5.75 Å². The Kier molecular flexibility index (Phi) is 5.80. The third kappa shape index (κ3) is 4.67. The Balaban J connectivity index is 1.90. The van der Waals surface area contributed by atoms with Crippen molar-refractivity contribution in [2.24, 2.45) is 0 Å². The number of rotatable bonds is 7. The van der Waals surface area contributed by atoms with Gasteiger partial charge in [-0.25, -0.2) is 13.1 Å². The van der Waals surface area contributed by atoms with Gasteiger partial charge in [-0.2, -0.15) is 0 Å². The second kappa shape index (κ2) is 7.41. The van der Waals surface area contributed by atoms with Crippen LogP contribution in [0.1, 0.15) is 26.7 Å². The molecule has 7 heteroatoms. The number of ether oxygens (including phenoxy) is 3. The van der Waals surface area contributed by atoms with Crippen molar-refractivity contribution in [2.75, 3.05) is 26.4 Å². The van der Waals surface area contributed by atoms with Gasteiger partial charge in [-0.05, 0) is 44.5 Å². The first-order valence-electron chi connectivity index (χ1n) is 7.46. The third-order valence-corrected chi connectivity index (χ3v) is 4.90. The van der Waals surface area contributed by atoms with E-state index in [1.165, 1.54) is 12.1 Å². The maximum Gasteiger partial charge on any atom is 0.240 e. The highest BCUT2D eigenvalue weighted by atomic mass is 32.2. The lowest BCUT2D eigenvalue weighted by molar-refractivity contribution is -0.257. The molecule has 1 aliphatic heterocycles. The molecular weight excluding hydrogens is 306 g/mol. The van der Waals surface area contributed by atoms with E-state index in [4.69, 9.17) is 14.2 Å². The summed E-state index contributed by atoms with van der Waals surface area (Å²) in [6, 6.07) is 6.35. The van der Waals surface area contributed by atoms with Gasteiger partial charge in [0.1, 0.15) is 5.75 Å². The Bertz CT molecular complexity index is 564. The maximum absolute atomic E-state index is 12.2. The molecule has 22 heavy (non-hydrogen) atoms. The van der Waals surface area contributed by atoms with E-state index >= 15 is 0 Å². The van der Waals surface area contributed by atoms with E-state index in [0.717, 1.165) is 6.42 Å². The van der Waals surface area contributed by atoms with Gasteiger partial charge in [0.25, 0.3) is 0 Å². The number of hydrogen-bond donors (Lipinski definition) is 1. The topological polar surface area (TPSA) is 73.9 Å². The standard InChI is InChI=1S/C15H23NO5S/c1-3-19-13-5-7-14(8-6-13)22(17,18)16-10-9-15(2)20-11-4-12-21-15/h5-8,16H,3-4,9-12H2,1-2H3. The fraction of sp³-hybridized carbons (Fsp3) is 0.600. The Morgan fingerprint density at radius 2 is 1.86 bits per heavy atom. The summed E-state index contributed by atoms with van der Waals surface area (Å²) in [5.41, 5.74) is 0. The molecule has 1 aromatic carbocycles. The lowest BCUT2D eigenvalue weighted by Gasteiger charge is -2.33. The zero-order valence-corrected chi connectivity index (χ0v) is 13.8. The number of benzene rings is 1. The van der Waals surface area contributed by atoms with Gasteiger partial charge in [-0.15, -0.1) is 0 Å². The predicted molar refractivity (Wildman–Crippen MR) is 82.3 cm³/mol. The van der Waals surface area contributed by atoms with Crippen LogP contribution in [0.15, 0.2) is 29.2 Å². The molecular formula is C15H23NO5S. The summed E-state index contributed by atoms with van der Waals surface area (Å²) < 4.78 is 43.4. The molecule has 1 aromatic rings. The van der Waals surface area contributed by atoms with Crippen LogP contribution in [0, 0.1) is 0 Å².